The number of nitrogens with one attached hydrogen (secondary N) is 1. The predicted octanol–water partition coefficient (Wildman–Crippen LogP) is 3.05. The van der Waals surface area contributed by atoms with Gasteiger partial charge < -0.3 is 5.32 Å². The molecule has 1 N–H and O–H groups in total. The lowest BCUT2D eigenvalue weighted by molar-refractivity contribution is -0.120. The number of rotatable bonds is 6. The zero-order valence-electron chi connectivity index (χ0n) is 9.88. The Morgan fingerprint density at radius 2 is 2.06 bits per heavy atom. The molecule has 1 aromatic rings. The molecule has 1 unspecified atom stereocenters. The molecule has 0 saturated heterocycles. The van der Waals surface area contributed by atoms with Crippen molar-refractivity contribution >= 4 is 21.8 Å². The van der Waals surface area contributed by atoms with Gasteiger partial charge in [0, 0.05) is 11.4 Å². The van der Waals surface area contributed by atoms with E-state index in [1.165, 1.54) is 12.1 Å². The van der Waals surface area contributed by atoms with E-state index in [1.54, 1.807) is 12.1 Å². The number of carbonyl (C=O) groups excluding carboxylic acids is 1. The Bertz CT molecular complexity index is 353. The van der Waals surface area contributed by atoms with Gasteiger partial charge in [0.2, 0.25) is 5.91 Å². The number of amides is 1. The number of carbonyl (C=O) groups is 1. The Labute approximate surface area is 110 Å². The lowest BCUT2D eigenvalue weighted by Crippen LogP contribution is -2.27. The quantitative estimate of drug-likeness (QED) is 0.804. The number of benzene rings is 1. The molecule has 4 heteroatoms. The lowest BCUT2D eigenvalue weighted by Gasteiger charge is -2.08. The van der Waals surface area contributed by atoms with E-state index >= 15 is 0 Å². The molecule has 94 valence electrons. The van der Waals surface area contributed by atoms with E-state index in [0.717, 1.165) is 18.4 Å². The van der Waals surface area contributed by atoms with Gasteiger partial charge in [-0.25, -0.2) is 4.39 Å². The Kier molecular flexibility index (Phi) is 6.19. The number of alkyl halides is 1. The third kappa shape index (κ3) is 5.82. The molecule has 0 aliphatic rings. The van der Waals surface area contributed by atoms with Crippen molar-refractivity contribution in [2.24, 2.45) is 0 Å². The van der Waals surface area contributed by atoms with E-state index in [1.807, 2.05) is 0 Å². The van der Waals surface area contributed by atoms with E-state index in [-0.39, 0.29) is 11.7 Å². The second kappa shape index (κ2) is 7.43. The minimum absolute atomic E-state index is 0.0209. The second-order valence-electron chi connectivity index (χ2n) is 3.95. The summed E-state index contributed by atoms with van der Waals surface area (Å²) in [5, 5.41) is 2.85. The normalized spacial score (nSPS) is 12.2. The molecule has 1 aromatic carbocycles. The van der Waals surface area contributed by atoms with Crippen molar-refractivity contribution in [3.8, 4) is 0 Å². The molecule has 0 aliphatic carbocycles. The van der Waals surface area contributed by atoms with Crippen molar-refractivity contribution in [2.45, 2.75) is 31.0 Å². The molecule has 0 aromatic heterocycles. The van der Waals surface area contributed by atoms with Gasteiger partial charge in [-0.05, 0) is 30.5 Å². The van der Waals surface area contributed by atoms with Gasteiger partial charge in [-0.3, -0.25) is 4.79 Å². The topological polar surface area (TPSA) is 29.1 Å². The summed E-state index contributed by atoms with van der Waals surface area (Å²) in [6.07, 6.45) is 2.28. The molecule has 0 fully saturated rings. The van der Waals surface area contributed by atoms with Crippen LogP contribution in [0.25, 0.3) is 0 Å². The first-order chi connectivity index (χ1) is 8.11. The maximum atomic E-state index is 12.6. The van der Waals surface area contributed by atoms with Crippen molar-refractivity contribution < 1.29 is 9.18 Å². The summed E-state index contributed by atoms with van der Waals surface area (Å²) in [5.41, 5.74) is 0.829. The van der Waals surface area contributed by atoms with Gasteiger partial charge in [0.05, 0.1) is 6.42 Å². The molecule has 0 saturated carbocycles. The molecule has 0 bridgehead atoms. The standard InChI is InChI=1S/C13H17BrFNO/c1-2-11(14)7-8-16-13(17)9-10-3-5-12(15)6-4-10/h3-6,11H,2,7-9H2,1H3,(H,16,17). The fourth-order valence-electron chi connectivity index (χ4n) is 1.42. The molecule has 1 atom stereocenters. The van der Waals surface area contributed by atoms with E-state index in [4.69, 9.17) is 0 Å². The summed E-state index contributed by atoms with van der Waals surface area (Å²) >= 11 is 3.51. The zero-order chi connectivity index (χ0) is 12.7. The number of hydrogen-bond acceptors (Lipinski definition) is 1. The molecular weight excluding hydrogens is 285 g/mol. The molecule has 17 heavy (non-hydrogen) atoms. The first kappa shape index (κ1) is 14.2. The van der Waals surface area contributed by atoms with Crippen LogP contribution in [0, 0.1) is 5.82 Å². The van der Waals surface area contributed by atoms with Gasteiger partial charge in [0.15, 0.2) is 0 Å². The highest BCUT2D eigenvalue weighted by atomic mass is 79.9. The van der Waals surface area contributed by atoms with Gasteiger partial charge >= 0.3 is 0 Å². The smallest absolute Gasteiger partial charge is 0.224 e. The van der Waals surface area contributed by atoms with Crippen LogP contribution in [0.5, 0.6) is 0 Å². The minimum atomic E-state index is -0.278. The van der Waals surface area contributed by atoms with Crippen LogP contribution in [0.15, 0.2) is 24.3 Å². The molecule has 0 aliphatic heterocycles. The highest BCUT2D eigenvalue weighted by Gasteiger charge is 2.05. The van der Waals surface area contributed by atoms with Crippen LogP contribution in [0.2, 0.25) is 0 Å². The van der Waals surface area contributed by atoms with Crippen molar-refractivity contribution in [3.05, 3.63) is 35.6 Å². The molecule has 0 spiro atoms. The van der Waals surface area contributed by atoms with E-state index in [2.05, 4.69) is 28.2 Å². The predicted molar refractivity (Wildman–Crippen MR) is 70.7 cm³/mol. The van der Waals surface area contributed by atoms with Gasteiger partial charge in [-0.1, -0.05) is 35.0 Å². The van der Waals surface area contributed by atoms with Crippen molar-refractivity contribution in [1.29, 1.82) is 0 Å². The average Bonchev–Trinajstić information content (AvgIpc) is 2.32. The zero-order valence-corrected chi connectivity index (χ0v) is 11.5. The summed E-state index contributed by atoms with van der Waals surface area (Å²) in [6.45, 7) is 2.77. The lowest BCUT2D eigenvalue weighted by atomic mass is 10.1. The minimum Gasteiger partial charge on any atom is -0.356 e. The SMILES string of the molecule is CCC(Br)CCNC(=O)Cc1ccc(F)cc1. The molecule has 0 radical (unpaired) electrons. The maximum absolute atomic E-state index is 12.6. The summed E-state index contributed by atoms with van der Waals surface area (Å²) < 4.78 is 12.6. The Balaban J connectivity index is 2.27. The maximum Gasteiger partial charge on any atom is 0.224 e. The van der Waals surface area contributed by atoms with Crippen LogP contribution >= 0.6 is 15.9 Å². The highest BCUT2D eigenvalue weighted by Crippen LogP contribution is 2.08. The van der Waals surface area contributed by atoms with Crippen molar-refractivity contribution in [2.75, 3.05) is 6.54 Å². The summed E-state index contributed by atoms with van der Waals surface area (Å²) in [4.78, 5) is 12.0. The van der Waals surface area contributed by atoms with Crippen LogP contribution < -0.4 is 5.32 Å². The second-order valence-corrected chi connectivity index (χ2v) is 5.24. The highest BCUT2D eigenvalue weighted by molar-refractivity contribution is 9.09. The van der Waals surface area contributed by atoms with Crippen LogP contribution in [-0.4, -0.2) is 17.3 Å². The fraction of sp³-hybridized carbons (Fsp3) is 0.462. The van der Waals surface area contributed by atoms with Gasteiger partial charge in [-0.15, -0.1) is 0 Å². The Morgan fingerprint density at radius 1 is 1.41 bits per heavy atom. The first-order valence-electron chi connectivity index (χ1n) is 5.77. The first-order valence-corrected chi connectivity index (χ1v) is 6.68. The molecule has 2 nitrogen and oxygen atoms in total. The van der Waals surface area contributed by atoms with Crippen LogP contribution in [0.1, 0.15) is 25.3 Å². The van der Waals surface area contributed by atoms with Crippen LogP contribution in [0.4, 0.5) is 4.39 Å². The summed E-state index contributed by atoms with van der Waals surface area (Å²) in [7, 11) is 0. The number of hydrogen-bond donors (Lipinski definition) is 1. The van der Waals surface area contributed by atoms with Crippen molar-refractivity contribution in [1.82, 2.24) is 5.32 Å². The van der Waals surface area contributed by atoms with Gasteiger partial charge in [-0.2, -0.15) is 0 Å². The molecule has 1 amide bonds. The third-order valence-electron chi connectivity index (χ3n) is 2.50. The Morgan fingerprint density at radius 3 is 2.65 bits per heavy atom. The largest absolute Gasteiger partial charge is 0.356 e. The van der Waals surface area contributed by atoms with Crippen LogP contribution in [0.3, 0.4) is 0 Å². The van der Waals surface area contributed by atoms with Crippen LogP contribution in [-0.2, 0) is 11.2 Å². The Hall–Kier alpha value is -0.900. The summed E-state index contributed by atoms with van der Waals surface area (Å²) in [6, 6.07) is 6.00. The molecule has 0 heterocycles. The monoisotopic (exact) mass is 301 g/mol. The van der Waals surface area contributed by atoms with Crippen molar-refractivity contribution in [3.63, 3.8) is 0 Å². The van der Waals surface area contributed by atoms with Gasteiger partial charge in [0.25, 0.3) is 0 Å². The summed E-state index contributed by atoms with van der Waals surface area (Å²) in [5.74, 6) is -0.299. The fourth-order valence-corrected chi connectivity index (χ4v) is 1.65. The van der Waals surface area contributed by atoms with E-state index in [9.17, 15) is 9.18 Å². The van der Waals surface area contributed by atoms with E-state index < -0.39 is 0 Å². The van der Waals surface area contributed by atoms with Gasteiger partial charge in [0.1, 0.15) is 5.82 Å². The average molecular weight is 302 g/mol. The molecule has 1 rings (SSSR count). The number of halogens is 2. The van der Waals surface area contributed by atoms with E-state index in [0.29, 0.717) is 17.8 Å². The third-order valence-corrected chi connectivity index (χ3v) is 3.61. The molecular formula is C13H17BrFNO.